The molecule has 3 atom stereocenters. The maximum atomic E-state index is 11.8. The Morgan fingerprint density at radius 2 is 2.00 bits per heavy atom. The summed E-state index contributed by atoms with van der Waals surface area (Å²) in [6, 6.07) is 6.76. The third kappa shape index (κ3) is 1.15. The highest BCUT2D eigenvalue weighted by atomic mass is 16.3. The molecular formula is C11H12N2O2. The first-order valence-corrected chi connectivity index (χ1v) is 5.04. The number of carbonyl (C=O) groups excluding carboxylic acids is 1. The van der Waals surface area contributed by atoms with Crippen LogP contribution in [0, 0.1) is 11.8 Å². The quantitative estimate of drug-likeness (QED) is 0.692. The predicted octanol–water partition coefficient (Wildman–Crippen LogP) is 0.312. The summed E-state index contributed by atoms with van der Waals surface area (Å²) in [4.78, 5) is 13.6. The lowest BCUT2D eigenvalue weighted by molar-refractivity contribution is -0.118. The van der Waals surface area contributed by atoms with E-state index in [4.69, 9.17) is 10.8 Å². The maximum absolute atomic E-state index is 11.8. The van der Waals surface area contributed by atoms with Gasteiger partial charge in [0.15, 0.2) is 0 Å². The number of nitrogens with two attached hydrogens (primary N) is 1. The number of rotatable bonds is 1. The van der Waals surface area contributed by atoms with Crippen LogP contribution in [0.2, 0.25) is 0 Å². The van der Waals surface area contributed by atoms with E-state index in [0.717, 1.165) is 12.2 Å². The van der Waals surface area contributed by atoms with E-state index in [1.165, 1.54) is 0 Å². The number of fused-ring (bicyclic) bond motifs is 1. The van der Waals surface area contributed by atoms with Crippen LogP contribution in [0.3, 0.4) is 0 Å². The molecule has 3 N–H and O–H groups in total. The molecule has 78 valence electrons. The highest BCUT2D eigenvalue weighted by molar-refractivity contribution is 6.00. The normalized spacial score (nSPS) is 33.0. The van der Waals surface area contributed by atoms with E-state index in [1.807, 2.05) is 0 Å². The lowest BCUT2D eigenvalue weighted by atomic mass is 10.2. The first-order chi connectivity index (χ1) is 7.18. The van der Waals surface area contributed by atoms with Crippen molar-refractivity contribution in [2.75, 3.05) is 11.4 Å². The Labute approximate surface area is 87.3 Å². The predicted molar refractivity (Wildman–Crippen MR) is 55.4 cm³/mol. The summed E-state index contributed by atoms with van der Waals surface area (Å²) in [6.07, 6.45) is 0. The van der Waals surface area contributed by atoms with Gasteiger partial charge in [-0.3, -0.25) is 4.79 Å². The lowest BCUT2D eigenvalue weighted by Crippen LogP contribution is -2.32. The van der Waals surface area contributed by atoms with E-state index in [1.54, 1.807) is 29.2 Å². The monoisotopic (exact) mass is 204 g/mol. The Morgan fingerprint density at radius 1 is 1.33 bits per heavy atom. The number of carbonyl (C=O) groups is 1. The molecule has 0 bridgehead atoms. The van der Waals surface area contributed by atoms with Crippen LogP contribution >= 0.6 is 0 Å². The van der Waals surface area contributed by atoms with Gasteiger partial charge >= 0.3 is 0 Å². The molecular weight excluding hydrogens is 192 g/mol. The maximum Gasteiger partial charge on any atom is 0.232 e. The highest BCUT2D eigenvalue weighted by Gasteiger charge is 2.60. The zero-order valence-electron chi connectivity index (χ0n) is 8.13. The number of phenolic OH excluding ortho intramolecular Hbond substituents is 1. The Balaban J connectivity index is 1.85. The summed E-state index contributed by atoms with van der Waals surface area (Å²) in [5.41, 5.74) is 6.58. The number of amides is 1. The number of piperidine rings is 1. The minimum absolute atomic E-state index is 0.0406. The van der Waals surface area contributed by atoms with Gasteiger partial charge in [0.25, 0.3) is 0 Å². The van der Waals surface area contributed by atoms with Crippen LogP contribution in [-0.2, 0) is 4.79 Å². The number of phenols is 1. The summed E-state index contributed by atoms with van der Waals surface area (Å²) >= 11 is 0. The molecule has 1 aromatic carbocycles. The Hall–Kier alpha value is -1.55. The Bertz CT molecular complexity index is 415. The molecule has 1 saturated heterocycles. The van der Waals surface area contributed by atoms with Crippen LogP contribution in [0.5, 0.6) is 5.75 Å². The molecule has 1 aliphatic heterocycles. The Morgan fingerprint density at radius 3 is 2.53 bits per heavy atom. The van der Waals surface area contributed by atoms with Crippen LogP contribution in [0.1, 0.15) is 0 Å². The second-order valence-corrected chi connectivity index (χ2v) is 4.23. The first kappa shape index (κ1) is 8.73. The van der Waals surface area contributed by atoms with E-state index < -0.39 is 0 Å². The van der Waals surface area contributed by atoms with Crippen molar-refractivity contribution in [3.63, 3.8) is 0 Å². The second kappa shape index (κ2) is 2.73. The first-order valence-electron chi connectivity index (χ1n) is 5.04. The molecule has 3 unspecified atom stereocenters. The van der Waals surface area contributed by atoms with Gasteiger partial charge in [-0.1, -0.05) is 0 Å². The average molecular weight is 204 g/mol. The van der Waals surface area contributed by atoms with Crippen molar-refractivity contribution in [2.24, 2.45) is 17.6 Å². The van der Waals surface area contributed by atoms with Gasteiger partial charge in [-0.2, -0.15) is 0 Å². The number of hydrogen-bond acceptors (Lipinski definition) is 3. The van der Waals surface area contributed by atoms with Crippen LogP contribution in [-0.4, -0.2) is 23.6 Å². The van der Waals surface area contributed by atoms with Gasteiger partial charge in [-0.05, 0) is 24.3 Å². The molecule has 2 fully saturated rings. The van der Waals surface area contributed by atoms with Gasteiger partial charge in [0, 0.05) is 24.2 Å². The molecule has 0 aromatic heterocycles. The third-order valence-electron chi connectivity index (χ3n) is 3.34. The molecule has 2 aliphatic rings. The van der Waals surface area contributed by atoms with Gasteiger partial charge in [0.2, 0.25) is 5.91 Å². The minimum Gasteiger partial charge on any atom is -0.508 e. The molecule has 3 rings (SSSR count). The molecule has 1 aromatic rings. The van der Waals surface area contributed by atoms with Crippen molar-refractivity contribution in [3.8, 4) is 5.75 Å². The summed E-state index contributed by atoms with van der Waals surface area (Å²) in [5.74, 6) is 0.718. The van der Waals surface area contributed by atoms with Gasteiger partial charge in [0.1, 0.15) is 5.75 Å². The summed E-state index contributed by atoms with van der Waals surface area (Å²) < 4.78 is 0. The standard InChI is InChI=1S/C11H12N2O2/c12-10-8-5-13(11(15)9(8)10)6-1-3-7(14)4-2-6/h1-4,8-10,14H,5,12H2. The van der Waals surface area contributed by atoms with E-state index in [-0.39, 0.29) is 23.6 Å². The topological polar surface area (TPSA) is 66.6 Å². The highest BCUT2D eigenvalue weighted by Crippen LogP contribution is 2.46. The van der Waals surface area contributed by atoms with Crippen molar-refractivity contribution in [1.82, 2.24) is 0 Å². The minimum atomic E-state index is 0.0406. The van der Waals surface area contributed by atoms with Crippen molar-refractivity contribution in [2.45, 2.75) is 6.04 Å². The zero-order valence-corrected chi connectivity index (χ0v) is 8.13. The Kier molecular flexibility index (Phi) is 1.59. The van der Waals surface area contributed by atoms with E-state index in [2.05, 4.69) is 0 Å². The molecule has 4 nitrogen and oxygen atoms in total. The van der Waals surface area contributed by atoms with Gasteiger partial charge in [-0.15, -0.1) is 0 Å². The number of benzene rings is 1. The van der Waals surface area contributed by atoms with Crippen LogP contribution in [0.25, 0.3) is 0 Å². The summed E-state index contributed by atoms with van der Waals surface area (Å²) in [7, 11) is 0. The van der Waals surface area contributed by atoms with Gasteiger partial charge in [-0.25, -0.2) is 0 Å². The molecule has 4 heteroatoms. The second-order valence-electron chi connectivity index (χ2n) is 4.23. The SMILES string of the molecule is NC1C2CN(c3ccc(O)cc3)C(=O)C12. The largest absolute Gasteiger partial charge is 0.508 e. The van der Waals surface area contributed by atoms with Crippen molar-refractivity contribution < 1.29 is 9.90 Å². The summed E-state index contributed by atoms with van der Waals surface area (Å²) in [5, 5.41) is 9.14. The van der Waals surface area contributed by atoms with Gasteiger partial charge in [0.05, 0.1) is 5.92 Å². The van der Waals surface area contributed by atoms with Crippen molar-refractivity contribution in [1.29, 1.82) is 0 Å². The van der Waals surface area contributed by atoms with Gasteiger partial charge < -0.3 is 15.7 Å². The van der Waals surface area contributed by atoms with E-state index in [9.17, 15) is 4.79 Å². The van der Waals surface area contributed by atoms with E-state index in [0.29, 0.717) is 5.92 Å². The number of hydrogen-bond donors (Lipinski definition) is 2. The number of anilines is 1. The van der Waals surface area contributed by atoms with Crippen molar-refractivity contribution >= 4 is 11.6 Å². The van der Waals surface area contributed by atoms with Crippen LogP contribution < -0.4 is 10.6 Å². The molecule has 0 radical (unpaired) electrons. The number of aromatic hydroxyl groups is 1. The van der Waals surface area contributed by atoms with Crippen molar-refractivity contribution in [3.05, 3.63) is 24.3 Å². The third-order valence-corrected chi connectivity index (χ3v) is 3.34. The van der Waals surface area contributed by atoms with E-state index >= 15 is 0 Å². The molecule has 0 spiro atoms. The fourth-order valence-electron chi connectivity index (χ4n) is 2.33. The molecule has 1 amide bonds. The molecule has 15 heavy (non-hydrogen) atoms. The zero-order chi connectivity index (χ0) is 10.6. The molecule has 1 saturated carbocycles. The molecule has 1 aliphatic carbocycles. The van der Waals surface area contributed by atoms with Crippen LogP contribution in [0.4, 0.5) is 5.69 Å². The van der Waals surface area contributed by atoms with Crippen LogP contribution in [0.15, 0.2) is 24.3 Å². The fourth-order valence-corrected chi connectivity index (χ4v) is 2.33. The number of nitrogens with zero attached hydrogens (tertiary/aromatic N) is 1. The average Bonchev–Trinajstić information content (AvgIpc) is 2.70. The summed E-state index contributed by atoms with van der Waals surface area (Å²) in [6.45, 7) is 0.718. The smallest absolute Gasteiger partial charge is 0.232 e. The molecule has 1 heterocycles. The lowest BCUT2D eigenvalue weighted by Gasteiger charge is -2.19. The fraction of sp³-hybridized carbons (Fsp3) is 0.364.